The highest BCUT2D eigenvalue weighted by atomic mass is 32.1. The van der Waals surface area contributed by atoms with E-state index in [4.69, 9.17) is 5.73 Å². The molecule has 0 fully saturated rings. The number of carbonyl (C=O) groups is 2. The molecule has 4 N–H and O–H groups in total. The molecule has 8 nitrogen and oxygen atoms in total. The number of thiophene rings is 1. The minimum Gasteiger partial charge on any atom is -0.350 e. The summed E-state index contributed by atoms with van der Waals surface area (Å²) in [5.74, 6) is -1.09. The Kier molecular flexibility index (Phi) is 6.71. The summed E-state index contributed by atoms with van der Waals surface area (Å²) in [7, 11) is 0. The van der Waals surface area contributed by atoms with E-state index in [1.54, 1.807) is 30.5 Å². The van der Waals surface area contributed by atoms with Crippen LogP contribution in [0.2, 0.25) is 0 Å². The summed E-state index contributed by atoms with van der Waals surface area (Å²) in [5.41, 5.74) is 4.59. The largest absolute Gasteiger partial charge is 0.435 e. The molecule has 0 unspecified atom stereocenters. The van der Waals surface area contributed by atoms with Crippen molar-refractivity contribution >= 4 is 23.2 Å². The molecule has 0 saturated carbocycles. The molecule has 0 aliphatic carbocycles. The summed E-state index contributed by atoms with van der Waals surface area (Å²) in [4.78, 5) is 28.9. The zero-order valence-corrected chi connectivity index (χ0v) is 17.1. The van der Waals surface area contributed by atoms with Crippen molar-refractivity contribution in [2.24, 2.45) is 5.73 Å². The minimum atomic E-state index is -4.72. The molecule has 3 heterocycles. The Balaban J connectivity index is 1.83. The van der Waals surface area contributed by atoms with E-state index in [1.807, 2.05) is 0 Å². The Morgan fingerprint density at radius 2 is 1.97 bits per heavy atom. The lowest BCUT2D eigenvalue weighted by molar-refractivity contribution is -0.141. The molecule has 0 spiro atoms. The summed E-state index contributed by atoms with van der Waals surface area (Å²) >= 11 is 1.09. The summed E-state index contributed by atoms with van der Waals surface area (Å²) in [6, 6.07) is 8.30. The fraction of sp³-hybridized carbons (Fsp3) is 0.263. The van der Waals surface area contributed by atoms with Gasteiger partial charge in [-0.2, -0.15) is 18.3 Å². The number of nitrogens with zero attached hydrogens (tertiary/aromatic N) is 3. The average molecular weight is 452 g/mol. The van der Waals surface area contributed by atoms with E-state index < -0.39 is 23.8 Å². The summed E-state index contributed by atoms with van der Waals surface area (Å²) in [6.07, 6.45) is -3.17. The van der Waals surface area contributed by atoms with Gasteiger partial charge in [-0.3, -0.25) is 14.6 Å². The topological polar surface area (TPSA) is 115 Å². The maximum atomic E-state index is 13.2. The van der Waals surface area contributed by atoms with Crippen molar-refractivity contribution in [3.05, 3.63) is 64.6 Å². The molecule has 164 valence electrons. The highest BCUT2D eigenvalue weighted by Gasteiger charge is 2.36. The summed E-state index contributed by atoms with van der Waals surface area (Å²) < 4.78 is 40.6. The molecule has 3 aromatic rings. The highest BCUT2D eigenvalue weighted by Crippen LogP contribution is 2.31. The van der Waals surface area contributed by atoms with Gasteiger partial charge >= 0.3 is 6.18 Å². The third kappa shape index (κ3) is 5.67. The van der Waals surface area contributed by atoms with Crippen LogP contribution in [0.15, 0.2) is 42.6 Å². The molecule has 0 radical (unpaired) electrons. The van der Waals surface area contributed by atoms with Crippen LogP contribution in [-0.2, 0) is 24.1 Å². The molecule has 0 bridgehead atoms. The van der Waals surface area contributed by atoms with Crippen molar-refractivity contribution in [2.45, 2.75) is 32.2 Å². The first-order valence-electron chi connectivity index (χ1n) is 9.13. The van der Waals surface area contributed by atoms with Gasteiger partial charge in [0.1, 0.15) is 10.7 Å². The highest BCUT2D eigenvalue weighted by molar-refractivity contribution is 7.14. The van der Waals surface area contributed by atoms with Gasteiger partial charge in [-0.05, 0) is 31.2 Å². The molecular weight excluding hydrogens is 433 g/mol. The molecule has 3 aromatic heterocycles. The van der Waals surface area contributed by atoms with Crippen molar-refractivity contribution < 1.29 is 22.8 Å². The predicted molar refractivity (Wildman–Crippen MR) is 107 cm³/mol. The van der Waals surface area contributed by atoms with Gasteiger partial charge in [0.2, 0.25) is 5.91 Å². The molecule has 2 amide bonds. The van der Waals surface area contributed by atoms with Crippen LogP contribution in [-0.4, -0.2) is 32.6 Å². The van der Waals surface area contributed by atoms with Gasteiger partial charge in [0, 0.05) is 17.1 Å². The number of rotatable bonds is 7. The van der Waals surface area contributed by atoms with Crippen molar-refractivity contribution in [2.75, 3.05) is 0 Å². The fourth-order valence-electron chi connectivity index (χ4n) is 2.52. The smallest absolute Gasteiger partial charge is 0.350 e. The van der Waals surface area contributed by atoms with Gasteiger partial charge in [-0.1, -0.05) is 6.07 Å². The maximum Gasteiger partial charge on any atom is 0.435 e. The molecule has 0 saturated heterocycles. The number of nitrogens with one attached hydrogen (secondary N) is 2. The van der Waals surface area contributed by atoms with E-state index in [0.29, 0.717) is 21.6 Å². The standard InChI is InChI=1S/C19H19F3N6O2S/c1-11(23)17(29)26-10-13-5-6-16(31-13)28-14(8-15(27-28)19(20,21)22)18(30)25-9-12-4-2-3-7-24-12/h2-8,11H,9-10,23H2,1H3,(H,25,30)(H,26,29)/t11-/m0/s1. The van der Waals surface area contributed by atoms with Crippen molar-refractivity contribution in [3.63, 3.8) is 0 Å². The summed E-state index contributed by atoms with van der Waals surface area (Å²) in [6.45, 7) is 1.73. The second-order valence-corrected chi connectivity index (χ2v) is 7.72. The van der Waals surface area contributed by atoms with E-state index in [9.17, 15) is 22.8 Å². The van der Waals surface area contributed by atoms with E-state index >= 15 is 0 Å². The number of alkyl halides is 3. The lowest BCUT2D eigenvalue weighted by Crippen LogP contribution is -2.37. The number of hydrogen-bond donors (Lipinski definition) is 3. The number of halogens is 3. The summed E-state index contributed by atoms with van der Waals surface area (Å²) in [5, 5.41) is 9.05. The van der Waals surface area contributed by atoms with Crippen molar-refractivity contribution in [1.82, 2.24) is 25.4 Å². The molecular formula is C19H19F3N6O2S. The Morgan fingerprint density at radius 1 is 1.19 bits per heavy atom. The Morgan fingerprint density at radius 3 is 2.61 bits per heavy atom. The zero-order chi connectivity index (χ0) is 22.6. The number of aromatic nitrogens is 3. The van der Waals surface area contributed by atoms with Crippen LogP contribution in [0.3, 0.4) is 0 Å². The average Bonchev–Trinajstić information content (AvgIpc) is 3.37. The van der Waals surface area contributed by atoms with Crippen LogP contribution >= 0.6 is 11.3 Å². The molecule has 12 heteroatoms. The van der Waals surface area contributed by atoms with E-state index in [2.05, 4.69) is 20.7 Å². The van der Waals surface area contributed by atoms with E-state index in [1.165, 1.54) is 13.0 Å². The van der Waals surface area contributed by atoms with Crippen LogP contribution in [0.25, 0.3) is 5.00 Å². The number of amides is 2. The van der Waals surface area contributed by atoms with Crippen molar-refractivity contribution in [3.8, 4) is 5.00 Å². The minimum absolute atomic E-state index is 0.0468. The van der Waals surface area contributed by atoms with Crippen LogP contribution < -0.4 is 16.4 Å². The van der Waals surface area contributed by atoms with Crippen molar-refractivity contribution in [1.29, 1.82) is 0 Å². The normalized spacial score (nSPS) is 12.4. The molecule has 0 aliphatic rings. The number of pyridine rings is 1. The quantitative estimate of drug-likeness (QED) is 0.509. The van der Waals surface area contributed by atoms with E-state index in [-0.39, 0.29) is 24.7 Å². The van der Waals surface area contributed by atoms with Gasteiger partial charge < -0.3 is 16.4 Å². The molecule has 1 atom stereocenters. The van der Waals surface area contributed by atoms with Crippen LogP contribution in [0.4, 0.5) is 13.2 Å². The second kappa shape index (κ2) is 9.27. The van der Waals surface area contributed by atoms with Gasteiger partial charge in [0.05, 0.1) is 24.8 Å². The fourth-order valence-corrected chi connectivity index (χ4v) is 3.43. The second-order valence-electron chi connectivity index (χ2n) is 6.57. The Hall–Kier alpha value is -3.25. The zero-order valence-electron chi connectivity index (χ0n) is 16.3. The Labute approximate surface area is 179 Å². The van der Waals surface area contributed by atoms with Gasteiger partial charge in [-0.25, -0.2) is 4.68 Å². The molecule has 31 heavy (non-hydrogen) atoms. The molecule has 0 aliphatic heterocycles. The first kappa shape index (κ1) is 22.4. The van der Waals surface area contributed by atoms with Crippen LogP contribution in [0.1, 0.15) is 33.7 Å². The van der Waals surface area contributed by atoms with Crippen LogP contribution in [0.5, 0.6) is 0 Å². The first-order chi connectivity index (χ1) is 14.6. The first-order valence-corrected chi connectivity index (χ1v) is 9.94. The van der Waals surface area contributed by atoms with E-state index in [0.717, 1.165) is 16.0 Å². The number of hydrogen-bond acceptors (Lipinski definition) is 6. The lowest BCUT2D eigenvalue weighted by atomic mass is 10.3. The van der Waals surface area contributed by atoms with Gasteiger partial charge in [0.15, 0.2) is 5.69 Å². The third-order valence-electron chi connectivity index (χ3n) is 4.10. The van der Waals surface area contributed by atoms with Gasteiger partial charge in [0.25, 0.3) is 5.91 Å². The molecule has 0 aromatic carbocycles. The maximum absolute atomic E-state index is 13.2. The number of carbonyl (C=O) groups excluding carboxylic acids is 2. The SMILES string of the molecule is C[C@H](N)C(=O)NCc1ccc(-n2nc(C(F)(F)F)cc2C(=O)NCc2ccccn2)s1. The Bertz CT molecular complexity index is 1060. The predicted octanol–water partition coefficient (Wildman–Crippen LogP) is 2.24. The van der Waals surface area contributed by atoms with Gasteiger partial charge in [-0.15, -0.1) is 11.3 Å². The number of nitrogens with two attached hydrogens (primary N) is 1. The molecule has 3 rings (SSSR count). The monoisotopic (exact) mass is 452 g/mol. The third-order valence-corrected chi connectivity index (χ3v) is 5.16. The van der Waals surface area contributed by atoms with Crippen LogP contribution in [0, 0.1) is 0 Å². The lowest BCUT2D eigenvalue weighted by Gasteiger charge is -2.07.